The summed E-state index contributed by atoms with van der Waals surface area (Å²) in [5, 5.41) is 3.49. The summed E-state index contributed by atoms with van der Waals surface area (Å²) < 4.78 is 0. The van der Waals surface area contributed by atoms with Gasteiger partial charge in [0.2, 0.25) is 0 Å². The monoisotopic (exact) mass is 250 g/mol. The molecule has 0 saturated carbocycles. The fourth-order valence-corrected chi connectivity index (χ4v) is 2.82. The van der Waals surface area contributed by atoms with Gasteiger partial charge in [-0.3, -0.25) is 0 Å². The number of nitrogens with zero attached hydrogens (tertiary/aromatic N) is 1. The van der Waals surface area contributed by atoms with Crippen LogP contribution in [-0.2, 0) is 0 Å². The lowest BCUT2D eigenvalue weighted by Crippen LogP contribution is -2.53. The summed E-state index contributed by atoms with van der Waals surface area (Å²) in [6, 6.07) is 9.57. The molecular weight excluding hydrogens is 228 g/mol. The largest absolute Gasteiger partial charge is 0.366 e. The van der Waals surface area contributed by atoms with Crippen LogP contribution in [0, 0.1) is 5.92 Å². The molecule has 2 rings (SSSR count). The minimum Gasteiger partial charge on any atom is -0.366 e. The van der Waals surface area contributed by atoms with Gasteiger partial charge in [-0.15, -0.1) is 11.8 Å². The summed E-state index contributed by atoms with van der Waals surface area (Å²) >= 11 is 1.80. The first kappa shape index (κ1) is 12.8. The van der Waals surface area contributed by atoms with Crippen LogP contribution in [0.2, 0.25) is 0 Å². The van der Waals surface area contributed by atoms with Crippen LogP contribution >= 0.6 is 11.8 Å². The maximum Gasteiger partial charge on any atom is 0.0437 e. The van der Waals surface area contributed by atoms with Gasteiger partial charge < -0.3 is 10.2 Å². The van der Waals surface area contributed by atoms with Crippen molar-refractivity contribution in [2.75, 3.05) is 30.8 Å². The van der Waals surface area contributed by atoms with Crippen molar-refractivity contribution in [1.82, 2.24) is 5.32 Å². The minimum atomic E-state index is 0.615. The highest BCUT2D eigenvalue weighted by atomic mass is 32.2. The maximum absolute atomic E-state index is 3.49. The smallest absolute Gasteiger partial charge is 0.0437 e. The van der Waals surface area contributed by atoms with Gasteiger partial charge in [0.25, 0.3) is 0 Å². The zero-order valence-electron chi connectivity index (χ0n) is 10.9. The van der Waals surface area contributed by atoms with Crippen molar-refractivity contribution in [3.8, 4) is 0 Å². The molecule has 0 aliphatic carbocycles. The molecule has 1 fully saturated rings. The molecule has 1 heterocycles. The Hall–Kier alpha value is -0.670. The standard InChI is InChI=1S/C14H22N2S/c1-11(2)14-10-15-8-9-16(14)12-4-6-13(17-3)7-5-12/h4-7,11,14-15H,8-10H2,1-3H3. The average molecular weight is 250 g/mol. The first-order chi connectivity index (χ1) is 8.22. The highest BCUT2D eigenvalue weighted by molar-refractivity contribution is 7.98. The highest BCUT2D eigenvalue weighted by Gasteiger charge is 2.24. The third-order valence-corrected chi connectivity index (χ3v) is 4.20. The number of benzene rings is 1. The van der Waals surface area contributed by atoms with E-state index in [9.17, 15) is 0 Å². The van der Waals surface area contributed by atoms with E-state index in [1.165, 1.54) is 10.6 Å². The summed E-state index contributed by atoms with van der Waals surface area (Å²) in [5.74, 6) is 0.683. The molecule has 1 aromatic rings. The molecule has 1 atom stereocenters. The number of hydrogen-bond acceptors (Lipinski definition) is 3. The van der Waals surface area contributed by atoms with E-state index in [0.717, 1.165) is 19.6 Å². The van der Waals surface area contributed by atoms with E-state index < -0.39 is 0 Å². The molecule has 94 valence electrons. The number of anilines is 1. The SMILES string of the molecule is CSc1ccc(N2CCNCC2C(C)C)cc1. The van der Waals surface area contributed by atoms with Gasteiger partial charge in [0.15, 0.2) is 0 Å². The highest BCUT2D eigenvalue weighted by Crippen LogP contribution is 2.25. The normalized spacial score (nSPS) is 20.9. The Labute approximate surface area is 109 Å². The van der Waals surface area contributed by atoms with E-state index in [-0.39, 0.29) is 0 Å². The lowest BCUT2D eigenvalue weighted by atomic mass is 10.00. The van der Waals surface area contributed by atoms with Gasteiger partial charge in [0.1, 0.15) is 0 Å². The second kappa shape index (κ2) is 5.78. The molecule has 1 unspecified atom stereocenters. The van der Waals surface area contributed by atoms with Crippen LogP contribution in [0.4, 0.5) is 5.69 Å². The van der Waals surface area contributed by atoms with Crippen LogP contribution in [0.5, 0.6) is 0 Å². The Kier molecular flexibility index (Phi) is 4.35. The molecule has 1 saturated heterocycles. The second-order valence-electron chi connectivity index (χ2n) is 4.91. The average Bonchev–Trinajstić information content (AvgIpc) is 2.39. The summed E-state index contributed by atoms with van der Waals surface area (Å²) in [7, 11) is 0. The Morgan fingerprint density at radius 2 is 2.00 bits per heavy atom. The molecule has 0 aromatic heterocycles. The van der Waals surface area contributed by atoms with Crippen LogP contribution in [-0.4, -0.2) is 31.9 Å². The minimum absolute atomic E-state index is 0.615. The van der Waals surface area contributed by atoms with Crippen molar-refractivity contribution < 1.29 is 0 Å². The summed E-state index contributed by atoms with van der Waals surface area (Å²) in [6.07, 6.45) is 2.12. The lowest BCUT2D eigenvalue weighted by Gasteiger charge is -2.40. The van der Waals surface area contributed by atoms with Gasteiger partial charge >= 0.3 is 0 Å². The fraction of sp³-hybridized carbons (Fsp3) is 0.571. The van der Waals surface area contributed by atoms with Crippen LogP contribution in [0.1, 0.15) is 13.8 Å². The second-order valence-corrected chi connectivity index (χ2v) is 5.79. The topological polar surface area (TPSA) is 15.3 Å². The van der Waals surface area contributed by atoms with E-state index in [1.54, 1.807) is 11.8 Å². The number of rotatable bonds is 3. The third-order valence-electron chi connectivity index (χ3n) is 3.46. The van der Waals surface area contributed by atoms with Gasteiger partial charge in [-0.2, -0.15) is 0 Å². The summed E-state index contributed by atoms with van der Waals surface area (Å²) in [4.78, 5) is 3.88. The molecule has 1 aliphatic rings. The quantitative estimate of drug-likeness (QED) is 0.831. The van der Waals surface area contributed by atoms with E-state index in [2.05, 4.69) is 54.6 Å². The van der Waals surface area contributed by atoms with Crippen LogP contribution in [0.3, 0.4) is 0 Å². The molecule has 0 bridgehead atoms. The Bertz CT molecular complexity index is 348. The van der Waals surface area contributed by atoms with E-state index in [4.69, 9.17) is 0 Å². The number of thioether (sulfide) groups is 1. The molecule has 3 heteroatoms. The van der Waals surface area contributed by atoms with Crippen molar-refractivity contribution in [2.24, 2.45) is 5.92 Å². The summed E-state index contributed by atoms with van der Waals surface area (Å²) in [5.41, 5.74) is 1.36. The molecule has 0 amide bonds. The van der Waals surface area contributed by atoms with Crippen LogP contribution in [0.15, 0.2) is 29.2 Å². The van der Waals surface area contributed by atoms with Crippen molar-refractivity contribution in [3.63, 3.8) is 0 Å². The predicted molar refractivity (Wildman–Crippen MR) is 77.1 cm³/mol. The van der Waals surface area contributed by atoms with Crippen molar-refractivity contribution in [3.05, 3.63) is 24.3 Å². The van der Waals surface area contributed by atoms with E-state index >= 15 is 0 Å². The molecular formula is C14H22N2S. The Morgan fingerprint density at radius 1 is 1.29 bits per heavy atom. The molecule has 17 heavy (non-hydrogen) atoms. The number of piperazine rings is 1. The van der Waals surface area contributed by atoms with E-state index in [0.29, 0.717) is 12.0 Å². The van der Waals surface area contributed by atoms with Gasteiger partial charge in [0, 0.05) is 36.3 Å². The first-order valence-electron chi connectivity index (χ1n) is 6.34. The molecule has 0 spiro atoms. The lowest BCUT2D eigenvalue weighted by molar-refractivity contribution is 0.390. The third kappa shape index (κ3) is 2.96. The summed E-state index contributed by atoms with van der Waals surface area (Å²) in [6.45, 7) is 7.92. The van der Waals surface area contributed by atoms with Gasteiger partial charge in [-0.1, -0.05) is 13.8 Å². The molecule has 2 nitrogen and oxygen atoms in total. The predicted octanol–water partition coefficient (Wildman–Crippen LogP) is 2.84. The zero-order valence-corrected chi connectivity index (χ0v) is 11.8. The molecule has 1 aliphatic heterocycles. The van der Waals surface area contributed by atoms with Gasteiger partial charge in [-0.25, -0.2) is 0 Å². The van der Waals surface area contributed by atoms with Gasteiger partial charge in [-0.05, 0) is 36.4 Å². The zero-order chi connectivity index (χ0) is 12.3. The van der Waals surface area contributed by atoms with Crippen LogP contribution < -0.4 is 10.2 Å². The molecule has 0 radical (unpaired) electrons. The maximum atomic E-state index is 3.49. The fourth-order valence-electron chi connectivity index (χ4n) is 2.42. The number of hydrogen-bond donors (Lipinski definition) is 1. The number of nitrogens with one attached hydrogen (secondary N) is 1. The van der Waals surface area contributed by atoms with Crippen LogP contribution in [0.25, 0.3) is 0 Å². The molecule has 1 aromatic carbocycles. The Balaban J connectivity index is 2.17. The van der Waals surface area contributed by atoms with E-state index in [1.807, 2.05) is 0 Å². The Morgan fingerprint density at radius 3 is 2.59 bits per heavy atom. The van der Waals surface area contributed by atoms with Crippen molar-refractivity contribution in [1.29, 1.82) is 0 Å². The van der Waals surface area contributed by atoms with Gasteiger partial charge in [0.05, 0.1) is 0 Å². The van der Waals surface area contributed by atoms with Crippen molar-refractivity contribution in [2.45, 2.75) is 24.8 Å². The molecule has 1 N–H and O–H groups in total. The van der Waals surface area contributed by atoms with Crippen molar-refractivity contribution >= 4 is 17.4 Å². The first-order valence-corrected chi connectivity index (χ1v) is 7.56.